The van der Waals surface area contributed by atoms with E-state index in [1.165, 1.54) is 28.8 Å². The summed E-state index contributed by atoms with van der Waals surface area (Å²) in [5.41, 5.74) is 2.90. The van der Waals surface area contributed by atoms with Crippen LogP contribution in [0.25, 0.3) is 0 Å². The number of hydrogen-bond acceptors (Lipinski definition) is 6. The van der Waals surface area contributed by atoms with E-state index >= 15 is 0 Å². The summed E-state index contributed by atoms with van der Waals surface area (Å²) in [5.74, 6) is 1.15. The Hall–Kier alpha value is -2.68. The molecule has 1 aromatic carbocycles. The maximum absolute atomic E-state index is 14.8. The largest absolute Gasteiger partial charge is 0.323 e. The molecule has 2 saturated carbocycles. The van der Waals surface area contributed by atoms with Crippen molar-refractivity contribution in [1.29, 1.82) is 0 Å². The van der Waals surface area contributed by atoms with Crippen molar-refractivity contribution in [2.24, 2.45) is 0 Å². The highest BCUT2D eigenvalue weighted by Gasteiger charge is 2.37. The van der Waals surface area contributed by atoms with E-state index < -0.39 is 11.6 Å². The van der Waals surface area contributed by atoms with Crippen LogP contribution in [0.15, 0.2) is 23.1 Å². The maximum atomic E-state index is 14.8. The van der Waals surface area contributed by atoms with Crippen molar-refractivity contribution in [1.82, 2.24) is 20.2 Å². The lowest BCUT2D eigenvalue weighted by Gasteiger charge is -2.22. The van der Waals surface area contributed by atoms with Crippen LogP contribution in [-0.2, 0) is 0 Å². The van der Waals surface area contributed by atoms with Gasteiger partial charge >= 0.3 is 0 Å². The molecule has 2 aliphatic rings. The Morgan fingerprint density at radius 2 is 1.74 bits per heavy atom. The number of aromatic nitrogens is 4. The van der Waals surface area contributed by atoms with Gasteiger partial charge in [-0.3, -0.25) is 5.10 Å². The van der Waals surface area contributed by atoms with Crippen LogP contribution < -0.4 is 10.2 Å². The minimum Gasteiger partial charge on any atom is -0.323 e. The molecule has 0 saturated heterocycles. The van der Waals surface area contributed by atoms with E-state index in [0.717, 1.165) is 42.6 Å². The average Bonchev–Trinajstić information content (AvgIpc) is 3.65. The van der Waals surface area contributed by atoms with Crippen molar-refractivity contribution in [3.05, 3.63) is 46.8 Å². The molecule has 0 unspecified atom stereocenters. The second-order valence-corrected chi connectivity index (χ2v) is 9.16. The van der Waals surface area contributed by atoms with Crippen molar-refractivity contribution in [2.75, 3.05) is 23.5 Å². The van der Waals surface area contributed by atoms with E-state index in [-0.39, 0.29) is 11.6 Å². The minimum absolute atomic E-state index is 0.153. The van der Waals surface area contributed by atoms with Gasteiger partial charge in [0.2, 0.25) is 5.95 Å². The van der Waals surface area contributed by atoms with Gasteiger partial charge in [-0.05, 0) is 56.9 Å². The Morgan fingerprint density at radius 1 is 1.06 bits per heavy atom. The highest BCUT2D eigenvalue weighted by atomic mass is 32.2. The number of nitrogens with zero attached hydrogens (tertiary/aromatic N) is 4. The van der Waals surface area contributed by atoms with Crippen molar-refractivity contribution in [3.8, 4) is 0 Å². The quantitative estimate of drug-likeness (QED) is 0.453. The Bertz CT molecular complexity index is 1120. The second-order valence-electron chi connectivity index (χ2n) is 8.28. The summed E-state index contributed by atoms with van der Waals surface area (Å²) in [6.45, 7) is 1.93. The highest BCUT2D eigenvalue weighted by molar-refractivity contribution is 7.98. The van der Waals surface area contributed by atoms with Gasteiger partial charge in [0, 0.05) is 35.2 Å². The third-order valence-electron chi connectivity index (χ3n) is 5.73. The molecule has 2 aliphatic carbocycles. The molecule has 2 aromatic heterocycles. The molecule has 162 valence electrons. The Labute approximate surface area is 183 Å². The van der Waals surface area contributed by atoms with Gasteiger partial charge in [-0.25, -0.2) is 13.8 Å². The maximum Gasteiger partial charge on any atom is 0.232 e. The molecule has 9 heteroatoms. The molecule has 2 N–H and O–H groups in total. The number of aryl methyl sites for hydroxylation is 1. The summed E-state index contributed by atoms with van der Waals surface area (Å²) in [7, 11) is 1.60. The monoisotopic (exact) mass is 442 g/mol. The summed E-state index contributed by atoms with van der Waals surface area (Å²) < 4.78 is 29.6. The van der Waals surface area contributed by atoms with Crippen LogP contribution in [0, 0.1) is 18.6 Å². The number of nitrogens with one attached hydrogen (secondary N) is 2. The lowest BCUT2D eigenvalue weighted by atomic mass is 10.1. The van der Waals surface area contributed by atoms with Gasteiger partial charge in [0.05, 0.1) is 5.69 Å². The fraction of sp³-hybridized carbons (Fsp3) is 0.409. The standard InChI is InChI=1S/C22H24F2N6S/c1-11-8-17(29-28-11)25-21-18(12-4-5-12)19(13-6-7-13)26-22(27-21)30(2)20-15(23)9-14(31-3)10-16(20)24/h8-10,12-13H,4-7H2,1-3H3,(H2,25,26,27,28,29). The van der Waals surface area contributed by atoms with Crippen molar-refractivity contribution >= 4 is 35.0 Å². The molecular formula is C22H24F2N6S. The summed E-state index contributed by atoms with van der Waals surface area (Å²) in [5, 5.41) is 10.5. The Balaban J connectivity index is 1.60. The number of anilines is 4. The van der Waals surface area contributed by atoms with Crippen LogP contribution in [0.3, 0.4) is 0 Å². The lowest BCUT2D eigenvalue weighted by molar-refractivity contribution is 0.577. The zero-order chi connectivity index (χ0) is 21.7. The number of H-pyrrole nitrogens is 1. The first kappa shape index (κ1) is 20.2. The molecule has 0 aliphatic heterocycles. The molecule has 31 heavy (non-hydrogen) atoms. The summed E-state index contributed by atoms with van der Waals surface area (Å²) in [6.07, 6.45) is 6.14. The average molecular weight is 443 g/mol. The van der Waals surface area contributed by atoms with E-state index in [9.17, 15) is 8.78 Å². The molecule has 0 spiro atoms. The SMILES string of the molecule is CSc1cc(F)c(N(C)c2nc(Nc3cc(C)[nH]n3)c(C3CC3)c(C3CC3)n2)c(F)c1. The van der Waals surface area contributed by atoms with Crippen LogP contribution in [0.2, 0.25) is 0 Å². The van der Waals surface area contributed by atoms with Crippen molar-refractivity contribution < 1.29 is 8.78 Å². The summed E-state index contributed by atoms with van der Waals surface area (Å²) >= 11 is 1.30. The third kappa shape index (κ3) is 3.98. The topological polar surface area (TPSA) is 69.7 Å². The van der Waals surface area contributed by atoms with Gasteiger partial charge < -0.3 is 10.2 Å². The third-order valence-corrected chi connectivity index (χ3v) is 6.43. The molecule has 2 fully saturated rings. The van der Waals surface area contributed by atoms with Gasteiger partial charge in [0.15, 0.2) is 17.5 Å². The lowest BCUT2D eigenvalue weighted by Crippen LogP contribution is -2.19. The Morgan fingerprint density at radius 3 is 2.29 bits per heavy atom. The molecule has 0 radical (unpaired) electrons. The summed E-state index contributed by atoms with van der Waals surface area (Å²) in [4.78, 5) is 11.5. The number of rotatable bonds is 7. The van der Waals surface area contributed by atoms with Crippen molar-refractivity contribution in [3.63, 3.8) is 0 Å². The van der Waals surface area contributed by atoms with Gasteiger partial charge in [0.25, 0.3) is 0 Å². The van der Waals surface area contributed by atoms with E-state index in [1.807, 2.05) is 13.0 Å². The summed E-state index contributed by atoms with van der Waals surface area (Å²) in [6, 6.07) is 4.58. The van der Waals surface area contributed by atoms with Gasteiger partial charge in [-0.2, -0.15) is 10.1 Å². The van der Waals surface area contributed by atoms with Crippen LogP contribution >= 0.6 is 11.8 Å². The minimum atomic E-state index is -0.632. The van der Waals surface area contributed by atoms with Crippen LogP contribution in [0.5, 0.6) is 0 Å². The second kappa shape index (κ2) is 7.78. The van der Waals surface area contributed by atoms with Gasteiger partial charge in [0.1, 0.15) is 11.5 Å². The highest BCUT2D eigenvalue weighted by Crippen LogP contribution is 2.51. The number of thioether (sulfide) groups is 1. The molecule has 3 aromatic rings. The number of hydrogen-bond donors (Lipinski definition) is 2. The van der Waals surface area contributed by atoms with E-state index in [1.54, 1.807) is 13.3 Å². The van der Waals surface area contributed by atoms with Crippen LogP contribution in [0.4, 0.5) is 32.1 Å². The number of aromatic amines is 1. The molecule has 0 atom stereocenters. The predicted molar refractivity (Wildman–Crippen MR) is 119 cm³/mol. The van der Waals surface area contributed by atoms with Crippen LogP contribution in [0.1, 0.15) is 54.5 Å². The van der Waals surface area contributed by atoms with E-state index in [2.05, 4.69) is 15.5 Å². The normalized spacial score (nSPS) is 15.9. The predicted octanol–water partition coefficient (Wildman–Crippen LogP) is 5.77. The fourth-order valence-electron chi connectivity index (χ4n) is 3.85. The first-order chi connectivity index (χ1) is 14.9. The van der Waals surface area contributed by atoms with Crippen molar-refractivity contribution in [2.45, 2.75) is 49.3 Å². The number of halogens is 2. The van der Waals surface area contributed by atoms with Crippen LogP contribution in [-0.4, -0.2) is 33.5 Å². The van der Waals surface area contributed by atoms with E-state index in [4.69, 9.17) is 9.97 Å². The first-order valence-corrected chi connectivity index (χ1v) is 11.6. The molecule has 0 bridgehead atoms. The number of benzene rings is 1. The zero-order valence-electron chi connectivity index (χ0n) is 17.7. The van der Waals surface area contributed by atoms with E-state index in [0.29, 0.717) is 28.4 Å². The molecule has 2 heterocycles. The molecule has 6 nitrogen and oxygen atoms in total. The fourth-order valence-corrected chi connectivity index (χ4v) is 4.29. The molecular weight excluding hydrogens is 418 g/mol. The molecule has 0 amide bonds. The zero-order valence-corrected chi connectivity index (χ0v) is 18.5. The Kier molecular flexibility index (Phi) is 5.08. The molecule has 5 rings (SSSR count). The smallest absolute Gasteiger partial charge is 0.232 e. The van der Waals surface area contributed by atoms with Gasteiger partial charge in [-0.15, -0.1) is 11.8 Å². The van der Waals surface area contributed by atoms with Gasteiger partial charge in [-0.1, -0.05) is 0 Å². The first-order valence-electron chi connectivity index (χ1n) is 10.4.